The number of hydrogen-bond acceptors (Lipinski definition) is 5. The molecule has 0 fully saturated rings. The molecule has 0 aliphatic carbocycles. The number of ether oxygens (including phenoxy) is 2. The lowest BCUT2D eigenvalue weighted by Crippen LogP contribution is -2.21. The molecule has 0 aromatic heterocycles. The van der Waals surface area contributed by atoms with Crippen molar-refractivity contribution in [2.45, 2.75) is 46.5 Å². The van der Waals surface area contributed by atoms with Gasteiger partial charge in [-0.1, -0.05) is 68.4 Å². The van der Waals surface area contributed by atoms with Crippen LogP contribution in [0.4, 0.5) is 0 Å². The summed E-state index contributed by atoms with van der Waals surface area (Å²) < 4.78 is 9.88. The molecule has 0 saturated heterocycles. The molecule has 27 heavy (non-hydrogen) atoms. The van der Waals surface area contributed by atoms with E-state index < -0.39 is 29.2 Å². The van der Waals surface area contributed by atoms with Gasteiger partial charge in [-0.05, 0) is 24.3 Å². The predicted molar refractivity (Wildman–Crippen MR) is 103 cm³/mol. The SMILES string of the molecule is CCC(C)(CC)CCCOC(=O)c1c(Cl)c(Cl)cc(Cl)c1OC(=O)C(=O)O. The summed E-state index contributed by atoms with van der Waals surface area (Å²) >= 11 is 17.9. The Balaban J connectivity index is 2.98. The van der Waals surface area contributed by atoms with Crippen LogP contribution in [0.5, 0.6) is 5.75 Å². The van der Waals surface area contributed by atoms with E-state index in [0.29, 0.717) is 6.42 Å². The highest BCUT2D eigenvalue weighted by molar-refractivity contribution is 6.46. The predicted octanol–water partition coefficient (Wildman–Crippen LogP) is 5.40. The lowest BCUT2D eigenvalue weighted by Gasteiger charge is -2.26. The van der Waals surface area contributed by atoms with Gasteiger partial charge in [0.25, 0.3) is 0 Å². The summed E-state index contributed by atoms with van der Waals surface area (Å²) in [7, 11) is 0. The Hall–Kier alpha value is -1.50. The zero-order valence-electron chi connectivity index (χ0n) is 15.2. The molecule has 0 saturated carbocycles. The van der Waals surface area contributed by atoms with E-state index >= 15 is 0 Å². The molecule has 150 valence electrons. The smallest absolute Gasteiger partial charge is 0.422 e. The van der Waals surface area contributed by atoms with Gasteiger partial charge in [0.2, 0.25) is 0 Å². The minimum Gasteiger partial charge on any atom is -0.473 e. The van der Waals surface area contributed by atoms with Crippen LogP contribution in [0.3, 0.4) is 0 Å². The molecule has 0 spiro atoms. The Bertz CT molecular complexity index is 728. The van der Waals surface area contributed by atoms with E-state index in [9.17, 15) is 14.4 Å². The number of carbonyl (C=O) groups excluding carboxylic acids is 2. The maximum Gasteiger partial charge on any atom is 0.422 e. The first-order valence-corrected chi connectivity index (χ1v) is 9.49. The Kier molecular flexibility index (Phi) is 8.85. The fourth-order valence-electron chi connectivity index (χ4n) is 2.34. The van der Waals surface area contributed by atoms with Gasteiger partial charge in [0.15, 0.2) is 5.75 Å². The normalized spacial score (nSPS) is 11.2. The summed E-state index contributed by atoms with van der Waals surface area (Å²) in [4.78, 5) is 34.5. The van der Waals surface area contributed by atoms with Gasteiger partial charge in [0.05, 0.1) is 21.7 Å². The first-order chi connectivity index (χ1) is 12.6. The summed E-state index contributed by atoms with van der Waals surface area (Å²) in [5.41, 5.74) is -0.233. The molecule has 0 amide bonds. The van der Waals surface area contributed by atoms with E-state index in [1.165, 1.54) is 0 Å². The number of hydrogen-bond donors (Lipinski definition) is 1. The minimum absolute atomic E-state index is 0.0618. The third-order valence-electron chi connectivity index (χ3n) is 4.57. The van der Waals surface area contributed by atoms with Crippen LogP contribution in [0.15, 0.2) is 6.07 Å². The summed E-state index contributed by atoms with van der Waals surface area (Å²) in [6.45, 7) is 6.48. The van der Waals surface area contributed by atoms with Gasteiger partial charge in [0.1, 0.15) is 5.56 Å². The minimum atomic E-state index is -1.85. The standard InChI is InChI=1S/C18H21Cl3O6/c1-4-18(3,5-2)7-6-8-26-16(24)12-13(21)10(19)9-11(20)14(12)27-17(25)15(22)23/h9H,4-8H2,1-3H3,(H,22,23). The Morgan fingerprint density at radius 3 is 2.22 bits per heavy atom. The molecule has 0 aliphatic heterocycles. The molecule has 1 aromatic carbocycles. The summed E-state index contributed by atoms with van der Waals surface area (Å²) in [6, 6.07) is 1.14. The molecule has 0 unspecified atom stereocenters. The molecule has 1 N–H and O–H groups in total. The van der Waals surface area contributed by atoms with E-state index in [2.05, 4.69) is 25.5 Å². The lowest BCUT2D eigenvalue weighted by molar-refractivity contribution is -0.158. The second kappa shape index (κ2) is 10.2. The lowest BCUT2D eigenvalue weighted by atomic mass is 9.80. The fraction of sp³-hybridized carbons (Fsp3) is 0.500. The van der Waals surface area contributed by atoms with Crippen LogP contribution >= 0.6 is 34.8 Å². The maximum atomic E-state index is 12.4. The van der Waals surface area contributed by atoms with Crippen LogP contribution in [0.1, 0.15) is 56.8 Å². The average Bonchev–Trinajstić information content (AvgIpc) is 2.62. The molecule has 0 bridgehead atoms. The third kappa shape index (κ3) is 6.26. The van der Waals surface area contributed by atoms with Crippen molar-refractivity contribution >= 4 is 52.7 Å². The van der Waals surface area contributed by atoms with E-state index in [1.807, 2.05) is 0 Å². The van der Waals surface area contributed by atoms with Crippen LogP contribution < -0.4 is 4.74 Å². The highest BCUT2D eigenvalue weighted by atomic mass is 35.5. The third-order valence-corrected chi connectivity index (χ3v) is 5.63. The quantitative estimate of drug-likeness (QED) is 0.192. The Labute approximate surface area is 172 Å². The fourth-order valence-corrected chi connectivity index (χ4v) is 3.06. The second-order valence-corrected chi connectivity index (χ2v) is 7.50. The van der Waals surface area contributed by atoms with Crippen molar-refractivity contribution in [2.24, 2.45) is 5.41 Å². The number of benzene rings is 1. The first-order valence-electron chi connectivity index (χ1n) is 8.36. The highest BCUT2D eigenvalue weighted by Gasteiger charge is 2.28. The van der Waals surface area contributed by atoms with Crippen LogP contribution in [0.25, 0.3) is 0 Å². The molecule has 0 atom stereocenters. The molecule has 0 aliphatic rings. The van der Waals surface area contributed by atoms with Crippen LogP contribution in [-0.4, -0.2) is 29.6 Å². The van der Waals surface area contributed by atoms with Gasteiger partial charge >= 0.3 is 17.9 Å². The molecule has 0 heterocycles. The van der Waals surface area contributed by atoms with Crippen LogP contribution in [-0.2, 0) is 14.3 Å². The van der Waals surface area contributed by atoms with Crippen molar-refractivity contribution in [3.8, 4) is 5.75 Å². The van der Waals surface area contributed by atoms with Gasteiger partial charge in [-0.15, -0.1) is 0 Å². The van der Waals surface area contributed by atoms with Crippen molar-refractivity contribution in [2.75, 3.05) is 6.61 Å². The van der Waals surface area contributed by atoms with Crippen molar-refractivity contribution in [3.63, 3.8) is 0 Å². The molecule has 1 rings (SSSR count). The molecular formula is C18H21Cl3O6. The number of esters is 2. The highest BCUT2D eigenvalue weighted by Crippen LogP contribution is 2.40. The van der Waals surface area contributed by atoms with Crippen molar-refractivity contribution in [3.05, 3.63) is 26.7 Å². The van der Waals surface area contributed by atoms with E-state index in [4.69, 9.17) is 44.6 Å². The first kappa shape index (κ1) is 23.5. The molecule has 1 aromatic rings. The average molecular weight is 440 g/mol. The Morgan fingerprint density at radius 1 is 1.11 bits per heavy atom. The maximum absolute atomic E-state index is 12.4. The van der Waals surface area contributed by atoms with Gasteiger partial charge in [-0.25, -0.2) is 14.4 Å². The summed E-state index contributed by atoms with van der Waals surface area (Å²) in [5.74, 6) is -4.89. The van der Waals surface area contributed by atoms with Crippen LogP contribution in [0.2, 0.25) is 15.1 Å². The van der Waals surface area contributed by atoms with Gasteiger partial charge in [-0.2, -0.15) is 0 Å². The number of carboxylic acid groups (broad SMARTS) is 1. The molecule has 0 radical (unpaired) electrons. The largest absolute Gasteiger partial charge is 0.473 e. The van der Waals surface area contributed by atoms with Crippen LogP contribution in [0, 0.1) is 5.41 Å². The number of carbonyl (C=O) groups is 3. The zero-order valence-corrected chi connectivity index (χ0v) is 17.5. The van der Waals surface area contributed by atoms with Gasteiger partial charge in [-0.3, -0.25) is 0 Å². The number of rotatable bonds is 8. The monoisotopic (exact) mass is 438 g/mol. The number of halogens is 3. The summed E-state index contributed by atoms with van der Waals surface area (Å²) in [5, 5.41) is 8.14. The summed E-state index contributed by atoms with van der Waals surface area (Å²) in [6.07, 6.45) is 3.49. The van der Waals surface area contributed by atoms with E-state index in [0.717, 1.165) is 25.3 Å². The number of carboxylic acids is 1. The Morgan fingerprint density at radius 2 is 1.70 bits per heavy atom. The second-order valence-electron chi connectivity index (χ2n) is 6.31. The van der Waals surface area contributed by atoms with E-state index in [-0.39, 0.29) is 27.1 Å². The number of aliphatic carboxylic acids is 1. The van der Waals surface area contributed by atoms with Gasteiger partial charge in [0, 0.05) is 0 Å². The van der Waals surface area contributed by atoms with Crippen molar-refractivity contribution in [1.29, 1.82) is 0 Å². The molecular weight excluding hydrogens is 419 g/mol. The van der Waals surface area contributed by atoms with Crippen molar-refractivity contribution < 1.29 is 29.0 Å². The van der Waals surface area contributed by atoms with E-state index in [1.54, 1.807) is 0 Å². The zero-order chi connectivity index (χ0) is 20.8. The topological polar surface area (TPSA) is 89.9 Å². The van der Waals surface area contributed by atoms with Crippen molar-refractivity contribution in [1.82, 2.24) is 0 Å². The molecule has 6 nitrogen and oxygen atoms in total. The van der Waals surface area contributed by atoms with Gasteiger partial charge < -0.3 is 14.6 Å². The molecule has 9 heteroatoms.